The van der Waals surface area contributed by atoms with Gasteiger partial charge in [0.15, 0.2) is 5.60 Å². The maximum atomic E-state index is 13.5. The Balaban J connectivity index is 1.54. The topological polar surface area (TPSA) is 54.5 Å². The van der Waals surface area contributed by atoms with Crippen LogP contribution >= 0.6 is 0 Å². The molecule has 1 aliphatic rings. The van der Waals surface area contributed by atoms with E-state index in [2.05, 4.69) is 46.4 Å². The average Bonchev–Trinajstić information content (AvgIpc) is 2.80. The number of nitrogens with one attached hydrogen (secondary N) is 1. The van der Waals surface area contributed by atoms with Gasteiger partial charge >= 0.3 is 0 Å². The molecule has 2 heterocycles. The molecule has 0 unspecified atom stereocenters. The predicted octanol–water partition coefficient (Wildman–Crippen LogP) is 3.52. The number of ether oxygens (including phenoxy) is 1. The van der Waals surface area contributed by atoms with Crippen LogP contribution in [0, 0.1) is 6.92 Å². The molecule has 1 fully saturated rings. The van der Waals surface area contributed by atoms with Crippen molar-refractivity contribution in [1.82, 2.24) is 15.2 Å². The Morgan fingerprint density at radius 3 is 2.61 bits per heavy atom. The Kier molecular flexibility index (Phi) is 6.75. The number of hydrogen-bond donors (Lipinski definition) is 1. The summed E-state index contributed by atoms with van der Waals surface area (Å²) in [5.41, 5.74) is 3.49. The van der Waals surface area contributed by atoms with Crippen LogP contribution in [0.1, 0.15) is 22.4 Å². The zero-order valence-electron chi connectivity index (χ0n) is 18.0. The summed E-state index contributed by atoms with van der Waals surface area (Å²) in [4.78, 5) is 20.3. The molecule has 160 valence electrons. The molecular weight excluding hydrogens is 386 g/mol. The van der Waals surface area contributed by atoms with E-state index in [1.165, 1.54) is 11.1 Å². The van der Waals surface area contributed by atoms with Crippen LogP contribution < -0.4 is 5.32 Å². The number of aryl methyl sites for hydroxylation is 1. The van der Waals surface area contributed by atoms with Crippen molar-refractivity contribution in [2.45, 2.75) is 32.0 Å². The molecule has 4 rings (SSSR count). The first-order valence-corrected chi connectivity index (χ1v) is 10.8. The highest BCUT2D eigenvalue weighted by atomic mass is 16.5. The van der Waals surface area contributed by atoms with E-state index in [1.54, 1.807) is 6.20 Å². The third-order valence-corrected chi connectivity index (χ3v) is 5.82. The molecule has 5 heteroatoms. The van der Waals surface area contributed by atoms with Gasteiger partial charge in [0.25, 0.3) is 5.91 Å². The summed E-state index contributed by atoms with van der Waals surface area (Å²) in [5.74, 6) is -0.0866. The van der Waals surface area contributed by atoms with Gasteiger partial charge in [-0.3, -0.25) is 14.7 Å². The fourth-order valence-corrected chi connectivity index (χ4v) is 4.08. The quantitative estimate of drug-likeness (QED) is 0.642. The average molecular weight is 416 g/mol. The Hall–Kier alpha value is -3.02. The molecule has 1 saturated heterocycles. The SMILES string of the molecule is Cc1ccccc1CN1CCO[C@@](Cc2ccccn2)(C(=O)NCc2ccccc2)C1. The van der Waals surface area contributed by atoms with Crippen LogP contribution in [0.2, 0.25) is 0 Å². The number of nitrogens with zero attached hydrogens (tertiary/aromatic N) is 2. The zero-order valence-corrected chi connectivity index (χ0v) is 18.0. The maximum absolute atomic E-state index is 13.5. The van der Waals surface area contributed by atoms with Crippen LogP contribution in [-0.4, -0.2) is 41.1 Å². The summed E-state index contributed by atoms with van der Waals surface area (Å²) in [7, 11) is 0. The van der Waals surface area contributed by atoms with E-state index in [1.807, 2.05) is 48.5 Å². The molecule has 1 aromatic heterocycles. The van der Waals surface area contributed by atoms with Crippen molar-refractivity contribution in [3.05, 3.63) is 101 Å². The van der Waals surface area contributed by atoms with E-state index in [9.17, 15) is 4.79 Å². The molecule has 0 radical (unpaired) electrons. The van der Waals surface area contributed by atoms with Crippen molar-refractivity contribution in [3.8, 4) is 0 Å². The molecule has 5 nitrogen and oxygen atoms in total. The lowest BCUT2D eigenvalue weighted by Crippen LogP contribution is -2.60. The molecule has 0 aliphatic carbocycles. The summed E-state index contributed by atoms with van der Waals surface area (Å²) in [6.07, 6.45) is 2.21. The molecule has 1 N–H and O–H groups in total. The third kappa shape index (κ3) is 5.37. The first kappa shape index (κ1) is 21.2. The van der Waals surface area contributed by atoms with Crippen LogP contribution in [0.3, 0.4) is 0 Å². The van der Waals surface area contributed by atoms with Gasteiger partial charge < -0.3 is 10.1 Å². The number of carbonyl (C=O) groups is 1. The number of rotatable bonds is 7. The third-order valence-electron chi connectivity index (χ3n) is 5.82. The molecule has 1 amide bonds. The Bertz CT molecular complexity index is 994. The standard InChI is InChI=1S/C26H29N3O2/c1-21-9-5-6-12-23(21)19-29-15-16-31-26(20-29,17-24-13-7-8-14-27-24)25(30)28-18-22-10-3-2-4-11-22/h2-14H,15-20H2,1H3,(H,28,30)/t26-/m1/s1. The molecular formula is C26H29N3O2. The summed E-state index contributed by atoms with van der Waals surface area (Å²) in [5, 5.41) is 3.11. The lowest BCUT2D eigenvalue weighted by atomic mass is 9.92. The second-order valence-corrected chi connectivity index (χ2v) is 8.15. The van der Waals surface area contributed by atoms with Crippen LogP contribution in [-0.2, 0) is 29.0 Å². The molecule has 0 saturated carbocycles. The first-order chi connectivity index (χ1) is 15.1. The number of aromatic nitrogens is 1. The van der Waals surface area contributed by atoms with Crippen molar-refractivity contribution in [3.63, 3.8) is 0 Å². The molecule has 1 atom stereocenters. The minimum absolute atomic E-state index is 0.0866. The number of benzene rings is 2. The minimum atomic E-state index is -0.968. The largest absolute Gasteiger partial charge is 0.362 e. The van der Waals surface area contributed by atoms with Gasteiger partial charge in [-0.2, -0.15) is 0 Å². The predicted molar refractivity (Wildman–Crippen MR) is 121 cm³/mol. The fourth-order valence-electron chi connectivity index (χ4n) is 4.08. The number of morpholine rings is 1. The van der Waals surface area contributed by atoms with Gasteiger partial charge in [-0.05, 0) is 35.7 Å². The molecule has 0 bridgehead atoms. The van der Waals surface area contributed by atoms with E-state index in [0.29, 0.717) is 26.1 Å². The summed E-state index contributed by atoms with van der Waals surface area (Å²) < 4.78 is 6.22. The molecule has 2 aromatic carbocycles. The van der Waals surface area contributed by atoms with Crippen LogP contribution in [0.15, 0.2) is 79.0 Å². The first-order valence-electron chi connectivity index (χ1n) is 10.8. The van der Waals surface area contributed by atoms with Crippen LogP contribution in [0.5, 0.6) is 0 Å². The van der Waals surface area contributed by atoms with Gasteiger partial charge in [-0.1, -0.05) is 60.7 Å². The highest BCUT2D eigenvalue weighted by Crippen LogP contribution is 2.25. The fraction of sp³-hybridized carbons (Fsp3) is 0.308. The number of pyridine rings is 1. The number of carbonyl (C=O) groups excluding carboxylic acids is 1. The smallest absolute Gasteiger partial charge is 0.254 e. The van der Waals surface area contributed by atoms with Gasteiger partial charge in [0.1, 0.15) is 0 Å². The van der Waals surface area contributed by atoms with Crippen molar-refractivity contribution in [2.24, 2.45) is 0 Å². The van der Waals surface area contributed by atoms with Crippen molar-refractivity contribution in [1.29, 1.82) is 0 Å². The Morgan fingerprint density at radius 2 is 1.84 bits per heavy atom. The molecule has 3 aromatic rings. The molecule has 0 spiro atoms. The summed E-state index contributed by atoms with van der Waals surface area (Å²) in [6, 6.07) is 24.1. The highest BCUT2D eigenvalue weighted by molar-refractivity contribution is 5.86. The van der Waals surface area contributed by atoms with Crippen molar-refractivity contribution in [2.75, 3.05) is 19.7 Å². The van der Waals surface area contributed by atoms with E-state index in [-0.39, 0.29) is 5.91 Å². The highest BCUT2D eigenvalue weighted by Gasteiger charge is 2.44. The maximum Gasteiger partial charge on any atom is 0.254 e. The number of hydrogen-bond acceptors (Lipinski definition) is 4. The summed E-state index contributed by atoms with van der Waals surface area (Å²) >= 11 is 0. The Morgan fingerprint density at radius 1 is 1.06 bits per heavy atom. The van der Waals surface area contributed by atoms with Crippen LogP contribution in [0.25, 0.3) is 0 Å². The van der Waals surface area contributed by atoms with Gasteiger partial charge in [0.05, 0.1) is 6.61 Å². The monoisotopic (exact) mass is 415 g/mol. The van der Waals surface area contributed by atoms with Crippen LogP contribution in [0.4, 0.5) is 0 Å². The summed E-state index contributed by atoms with van der Waals surface area (Å²) in [6.45, 7) is 5.24. The van der Waals surface area contributed by atoms with Gasteiger partial charge in [-0.15, -0.1) is 0 Å². The minimum Gasteiger partial charge on any atom is -0.362 e. The number of amides is 1. The zero-order chi connectivity index (χ0) is 21.5. The lowest BCUT2D eigenvalue weighted by molar-refractivity contribution is -0.161. The Labute approximate surface area is 184 Å². The van der Waals surface area contributed by atoms with Gasteiger partial charge in [0.2, 0.25) is 0 Å². The van der Waals surface area contributed by atoms with Gasteiger partial charge in [-0.25, -0.2) is 0 Å². The van der Waals surface area contributed by atoms with E-state index >= 15 is 0 Å². The van der Waals surface area contributed by atoms with E-state index < -0.39 is 5.60 Å². The van der Waals surface area contributed by atoms with Gasteiger partial charge in [0, 0.05) is 44.5 Å². The lowest BCUT2D eigenvalue weighted by Gasteiger charge is -2.41. The van der Waals surface area contributed by atoms with Crippen molar-refractivity contribution < 1.29 is 9.53 Å². The molecule has 1 aliphatic heterocycles. The van der Waals surface area contributed by atoms with E-state index in [0.717, 1.165) is 24.3 Å². The second kappa shape index (κ2) is 9.86. The van der Waals surface area contributed by atoms with Crippen molar-refractivity contribution >= 4 is 5.91 Å². The normalized spacial score (nSPS) is 19.1. The molecule has 31 heavy (non-hydrogen) atoms. The second-order valence-electron chi connectivity index (χ2n) is 8.15. The van der Waals surface area contributed by atoms with E-state index in [4.69, 9.17) is 4.74 Å².